The molecule has 1 aromatic rings. The van der Waals surface area contributed by atoms with Crippen LogP contribution in [0.5, 0.6) is 0 Å². The average molecular weight is 624 g/mol. The van der Waals surface area contributed by atoms with Crippen molar-refractivity contribution < 1.29 is 39.1 Å². The molecule has 3 rings (SSSR count). The fourth-order valence-corrected chi connectivity index (χ4v) is 6.77. The van der Waals surface area contributed by atoms with Gasteiger partial charge in [0.15, 0.2) is 0 Å². The molecule has 226 valence electrons. The van der Waals surface area contributed by atoms with E-state index in [0.29, 0.717) is 16.0 Å². The molecule has 1 amide bonds. The zero-order valence-electron chi connectivity index (χ0n) is 23.2. The number of carbonyl (C=O) groups excluding carboxylic acids is 2. The van der Waals surface area contributed by atoms with E-state index in [9.17, 15) is 24.9 Å². The summed E-state index contributed by atoms with van der Waals surface area (Å²) in [6.45, 7) is 4.67. The van der Waals surface area contributed by atoms with E-state index < -0.39 is 48.0 Å². The van der Waals surface area contributed by atoms with Crippen molar-refractivity contribution in [1.82, 2.24) is 10.2 Å². The Bertz CT molecular complexity index is 987. The van der Waals surface area contributed by atoms with Crippen LogP contribution in [0.4, 0.5) is 0 Å². The molecule has 2 saturated heterocycles. The molecule has 0 aromatic heterocycles. The minimum Gasteiger partial charge on any atom is -0.461 e. The molecule has 0 saturated carbocycles. The number of carbonyl (C=O) groups is 2. The highest BCUT2D eigenvalue weighted by Crippen LogP contribution is 2.32. The molecule has 2 aliphatic heterocycles. The molecule has 2 heterocycles. The lowest BCUT2D eigenvalue weighted by Crippen LogP contribution is -2.66. The van der Waals surface area contributed by atoms with Gasteiger partial charge in [-0.2, -0.15) is 0 Å². The number of hydrogen-bond acceptors (Lipinski definition) is 10. The Morgan fingerprint density at radius 3 is 2.48 bits per heavy atom. The minimum absolute atomic E-state index is 0.0227. The van der Waals surface area contributed by atoms with Crippen LogP contribution in [-0.2, 0) is 19.0 Å². The Morgan fingerprint density at radius 1 is 1.18 bits per heavy atom. The van der Waals surface area contributed by atoms with Crippen molar-refractivity contribution >= 4 is 46.8 Å². The quantitative estimate of drug-likeness (QED) is 0.203. The summed E-state index contributed by atoms with van der Waals surface area (Å²) >= 11 is 13.0. The molecule has 0 aliphatic carbocycles. The summed E-state index contributed by atoms with van der Waals surface area (Å²) in [5, 5.41) is 35.7. The number of likely N-dealkylation sites (N-methyl/N-ethyl adjacent to an activating group) is 1. The third-order valence-electron chi connectivity index (χ3n) is 7.48. The van der Waals surface area contributed by atoms with Crippen LogP contribution in [0.25, 0.3) is 0 Å². The molecular weight excluding hydrogens is 583 g/mol. The van der Waals surface area contributed by atoms with Gasteiger partial charge in [-0.3, -0.25) is 9.69 Å². The smallest absolute Gasteiger partial charge is 0.338 e. The third-order valence-corrected chi connectivity index (χ3v) is 9.04. The van der Waals surface area contributed by atoms with E-state index in [4.69, 9.17) is 37.4 Å². The standard InChI is InChI=1S/C27H40Cl2N2O8S/c1-5-6-15-9-19(31(3)13-15)25(35)30-20(14(2)37-4)24-22(33)21(32)23(34)27(39-24)40-8-7-38-26(36)16-10-17(28)12-18(29)11-16/h10-12,14-15,19-24,27,32-34H,5-9,13H2,1-4H3,(H,30,35)/t14-,15-,19+,20-,21+,22-,23-,24-,27-/m1/s1. The van der Waals surface area contributed by atoms with E-state index in [0.717, 1.165) is 37.6 Å². The van der Waals surface area contributed by atoms with E-state index in [1.165, 1.54) is 25.3 Å². The SMILES string of the molecule is CCC[C@@H]1C[C@@H](C(=O)N[C@@H]([C@H]2O[C@H](SCCOC(=O)c3cc(Cl)cc(Cl)c3)[C@H](O)[C@@H](O)[C@H]2O)[C@@H](C)OC)N(C)C1. The molecule has 1 aromatic carbocycles. The largest absolute Gasteiger partial charge is 0.461 e. The lowest BCUT2D eigenvalue weighted by atomic mass is 9.91. The van der Waals surface area contributed by atoms with E-state index in [1.807, 2.05) is 11.9 Å². The van der Waals surface area contributed by atoms with Crippen LogP contribution in [0.15, 0.2) is 18.2 Å². The van der Waals surface area contributed by atoms with Crippen molar-refractivity contribution in [2.75, 3.05) is 33.1 Å². The first-order valence-electron chi connectivity index (χ1n) is 13.4. The predicted molar refractivity (Wildman–Crippen MR) is 154 cm³/mol. The van der Waals surface area contributed by atoms with Gasteiger partial charge in [-0.1, -0.05) is 36.5 Å². The first-order chi connectivity index (χ1) is 19.0. The molecule has 0 unspecified atom stereocenters. The van der Waals surface area contributed by atoms with Crippen LogP contribution in [0.2, 0.25) is 10.0 Å². The number of likely N-dealkylation sites (tertiary alicyclic amines) is 1. The second kappa shape index (κ2) is 15.4. The van der Waals surface area contributed by atoms with Crippen molar-refractivity contribution in [1.29, 1.82) is 0 Å². The normalized spacial score (nSPS) is 30.6. The van der Waals surface area contributed by atoms with Crippen molar-refractivity contribution in [2.24, 2.45) is 5.92 Å². The van der Waals surface area contributed by atoms with Gasteiger partial charge in [0, 0.05) is 29.5 Å². The second-order valence-corrected chi connectivity index (χ2v) is 12.5. The highest BCUT2D eigenvalue weighted by molar-refractivity contribution is 7.99. The Hall–Kier alpha value is -1.15. The summed E-state index contributed by atoms with van der Waals surface area (Å²) < 4.78 is 16.8. The van der Waals surface area contributed by atoms with Gasteiger partial charge in [-0.15, -0.1) is 11.8 Å². The van der Waals surface area contributed by atoms with E-state index in [2.05, 4.69) is 12.2 Å². The number of hydrogen-bond donors (Lipinski definition) is 4. The maximum absolute atomic E-state index is 13.3. The van der Waals surface area contributed by atoms with Crippen molar-refractivity contribution in [3.8, 4) is 0 Å². The monoisotopic (exact) mass is 622 g/mol. The van der Waals surface area contributed by atoms with Gasteiger partial charge in [-0.25, -0.2) is 4.79 Å². The van der Waals surface area contributed by atoms with E-state index in [-0.39, 0.29) is 29.9 Å². The molecule has 2 fully saturated rings. The van der Waals surface area contributed by atoms with Crippen LogP contribution in [0.3, 0.4) is 0 Å². The Labute approximate surface area is 249 Å². The number of halogens is 2. The number of benzene rings is 1. The molecular formula is C27H40Cl2N2O8S. The van der Waals surface area contributed by atoms with Gasteiger partial charge in [0.1, 0.15) is 36.5 Å². The van der Waals surface area contributed by atoms with E-state index in [1.54, 1.807) is 6.92 Å². The summed E-state index contributed by atoms with van der Waals surface area (Å²) in [5.74, 6) is -0.162. The number of nitrogens with zero attached hydrogens (tertiary/aromatic N) is 1. The lowest BCUT2D eigenvalue weighted by Gasteiger charge is -2.44. The molecule has 40 heavy (non-hydrogen) atoms. The molecule has 10 nitrogen and oxygen atoms in total. The number of methoxy groups -OCH3 is 1. The average Bonchev–Trinajstić information content (AvgIpc) is 3.28. The summed E-state index contributed by atoms with van der Waals surface area (Å²) in [5.41, 5.74) is -0.759. The predicted octanol–water partition coefficient (Wildman–Crippen LogP) is 2.33. The number of ether oxygens (including phenoxy) is 3. The third kappa shape index (κ3) is 8.45. The number of aliphatic hydroxyl groups is 3. The van der Waals surface area contributed by atoms with Gasteiger partial charge in [0.2, 0.25) is 5.91 Å². The van der Waals surface area contributed by atoms with Crippen molar-refractivity contribution in [2.45, 2.75) is 81.1 Å². The first-order valence-corrected chi connectivity index (χ1v) is 15.2. The number of esters is 1. The topological polar surface area (TPSA) is 138 Å². The van der Waals surface area contributed by atoms with Crippen molar-refractivity contribution in [3.05, 3.63) is 33.8 Å². The zero-order chi connectivity index (χ0) is 29.6. The maximum Gasteiger partial charge on any atom is 0.338 e. The first kappa shape index (κ1) is 33.4. The lowest BCUT2D eigenvalue weighted by molar-refractivity contribution is -0.212. The van der Waals surface area contributed by atoms with Crippen LogP contribution in [-0.4, -0.2) is 113 Å². The number of thioether (sulfide) groups is 1. The van der Waals surface area contributed by atoms with Crippen LogP contribution in [0, 0.1) is 5.92 Å². The Morgan fingerprint density at radius 2 is 1.85 bits per heavy atom. The highest BCUT2D eigenvalue weighted by atomic mass is 35.5. The van der Waals surface area contributed by atoms with Gasteiger partial charge >= 0.3 is 5.97 Å². The summed E-state index contributed by atoms with van der Waals surface area (Å²) in [4.78, 5) is 27.7. The maximum atomic E-state index is 13.3. The Balaban J connectivity index is 1.63. The molecule has 2 aliphatic rings. The summed E-state index contributed by atoms with van der Waals surface area (Å²) in [6.07, 6.45) is -3.23. The van der Waals surface area contributed by atoms with Gasteiger partial charge in [0.05, 0.1) is 23.8 Å². The number of rotatable bonds is 12. The molecule has 9 atom stereocenters. The number of amides is 1. The molecule has 0 bridgehead atoms. The molecule has 4 N–H and O–H groups in total. The number of nitrogens with one attached hydrogen (secondary N) is 1. The number of aliphatic hydroxyl groups excluding tert-OH is 3. The van der Waals surface area contributed by atoms with Crippen molar-refractivity contribution in [3.63, 3.8) is 0 Å². The minimum atomic E-state index is -1.53. The van der Waals surface area contributed by atoms with Crippen LogP contribution >= 0.6 is 35.0 Å². The van der Waals surface area contributed by atoms with Crippen LogP contribution in [0.1, 0.15) is 43.5 Å². The fraction of sp³-hybridized carbons (Fsp3) is 0.704. The molecule has 0 spiro atoms. The second-order valence-electron chi connectivity index (χ2n) is 10.4. The summed E-state index contributed by atoms with van der Waals surface area (Å²) in [7, 11) is 3.40. The van der Waals surface area contributed by atoms with Crippen LogP contribution < -0.4 is 5.32 Å². The Kier molecular flexibility index (Phi) is 12.8. The van der Waals surface area contributed by atoms with E-state index >= 15 is 0 Å². The van der Waals surface area contributed by atoms with Gasteiger partial charge in [0.25, 0.3) is 0 Å². The van der Waals surface area contributed by atoms with Gasteiger partial charge < -0.3 is 34.8 Å². The zero-order valence-corrected chi connectivity index (χ0v) is 25.5. The fourth-order valence-electron chi connectivity index (χ4n) is 5.26. The molecule has 13 heteroatoms. The van der Waals surface area contributed by atoms with Gasteiger partial charge in [-0.05, 0) is 50.9 Å². The molecule has 0 radical (unpaired) electrons. The highest BCUT2D eigenvalue weighted by Gasteiger charge is 2.49. The summed E-state index contributed by atoms with van der Waals surface area (Å²) in [6, 6.07) is 3.26.